The summed E-state index contributed by atoms with van der Waals surface area (Å²) >= 11 is 0. The highest BCUT2D eigenvalue weighted by Gasteiger charge is 2.39. The van der Waals surface area contributed by atoms with E-state index in [4.69, 9.17) is 5.11 Å². The van der Waals surface area contributed by atoms with Crippen molar-refractivity contribution in [3.63, 3.8) is 0 Å². The highest BCUT2D eigenvalue weighted by Crippen LogP contribution is 2.43. The molecule has 34 heavy (non-hydrogen) atoms. The second-order valence-corrected chi connectivity index (χ2v) is 9.79. The molecule has 4 nitrogen and oxygen atoms in total. The van der Waals surface area contributed by atoms with Gasteiger partial charge in [-0.05, 0) is 67.5 Å². The van der Waals surface area contributed by atoms with E-state index in [1.807, 2.05) is 18.2 Å². The van der Waals surface area contributed by atoms with E-state index in [0.29, 0.717) is 5.92 Å². The molecule has 2 N–H and O–H groups in total. The monoisotopic (exact) mass is 464 g/mol. The van der Waals surface area contributed by atoms with Crippen molar-refractivity contribution in [3.8, 4) is 0 Å². The Kier molecular flexibility index (Phi) is 6.26. The van der Waals surface area contributed by atoms with Gasteiger partial charge in [0.15, 0.2) is 0 Å². The van der Waals surface area contributed by atoms with E-state index in [0.717, 1.165) is 54.0 Å². The molecule has 1 aliphatic heterocycles. The van der Waals surface area contributed by atoms with Gasteiger partial charge in [0.25, 0.3) is 0 Å². The Morgan fingerprint density at radius 3 is 2.56 bits per heavy atom. The number of hydrogen-bond donors (Lipinski definition) is 2. The minimum atomic E-state index is -1.16. The fourth-order valence-corrected chi connectivity index (χ4v) is 5.90. The molecule has 1 aliphatic carbocycles. The standard InChI is InChI=1S/C28H30F2N2O2/c1-17-13-21-20-9-5-6-10-24(20)31-27(21)28(32(17)16-18-7-3-2-4-8-18)26-22(29)14-19(15-23(26)30)11-12-25(33)34/h5-6,9-12,14-15,17-18,28,31H,2-4,7-8,13,16H2,1H3,(H,33,34)/b12-11+/t17-,28?/m1/s1. The molecule has 6 heteroatoms. The second-order valence-electron chi connectivity index (χ2n) is 9.79. The highest BCUT2D eigenvalue weighted by atomic mass is 19.1. The molecule has 1 aromatic heterocycles. The number of halogens is 2. The van der Waals surface area contributed by atoms with Gasteiger partial charge in [-0.1, -0.05) is 37.5 Å². The molecule has 178 valence electrons. The van der Waals surface area contributed by atoms with Crippen LogP contribution in [0, 0.1) is 17.6 Å². The number of fused-ring (bicyclic) bond motifs is 3. The maximum atomic E-state index is 15.6. The molecule has 0 spiro atoms. The van der Waals surface area contributed by atoms with Crippen molar-refractivity contribution in [2.45, 2.75) is 57.5 Å². The first-order chi connectivity index (χ1) is 16.4. The van der Waals surface area contributed by atoms with Gasteiger partial charge in [-0.15, -0.1) is 0 Å². The zero-order chi connectivity index (χ0) is 23.8. The van der Waals surface area contributed by atoms with Crippen molar-refractivity contribution in [3.05, 3.63) is 76.5 Å². The van der Waals surface area contributed by atoms with Gasteiger partial charge in [0, 0.05) is 40.8 Å². The van der Waals surface area contributed by atoms with Gasteiger partial charge in [0.2, 0.25) is 0 Å². The summed E-state index contributed by atoms with van der Waals surface area (Å²) < 4.78 is 31.2. The molecule has 0 radical (unpaired) electrons. The number of hydrogen-bond acceptors (Lipinski definition) is 2. The topological polar surface area (TPSA) is 56.3 Å². The summed E-state index contributed by atoms with van der Waals surface area (Å²) in [6.07, 6.45) is 8.92. The minimum Gasteiger partial charge on any atom is -0.478 e. The first-order valence-electron chi connectivity index (χ1n) is 12.2. The van der Waals surface area contributed by atoms with Gasteiger partial charge >= 0.3 is 5.97 Å². The van der Waals surface area contributed by atoms with Crippen molar-refractivity contribution < 1.29 is 18.7 Å². The fourth-order valence-electron chi connectivity index (χ4n) is 5.90. The average molecular weight is 465 g/mol. The third-order valence-corrected chi connectivity index (χ3v) is 7.50. The van der Waals surface area contributed by atoms with Gasteiger partial charge in [0.05, 0.1) is 6.04 Å². The van der Waals surface area contributed by atoms with E-state index in [9.17, 15) is 4.79 Å². The molecule has 1 saturated carbocycles. The summed E-state index contributed by atoms with van der Waals surface area (Å²) in [7, 11) is 0. The molecule has 0 amide bonds. The van der Waals surface area contributed by atoms with E-state index < -0.39 is 23.6 Å². The lowest BCUT2D eigenvalue weighted by molar-refractivity contribution is -0.131. The predicted molar refractivity (Wildman–Crippen MR) is 130 cm³/mol. The number of H-pyrrole nitrogens is 1. The van der Waals surface area contributed by atoms with Crippen molar-refractivity contribution in [2.24, 2.45) is 5.92 Å². The van der Waals surface area contributed by atoms with Crippen LogP contribution in [0.1, 0.15) is 67.5 Å². The van der Waals surface area contributed by atoms with Crippen molar-refractivity contribution in [1.29, 1.82) is 0 Å². The Hall–Kier alpha value is -2.99. The van der Waals surface area contributed by atoms with E-state index in [2.05, 4.69) is 22.9 Å². The quantitative estimate of drug-likeness (QED) is 0.426. The number of carboxylic acids is 1. The Balaban J connectivity index is 1.63. The molecule has 5 rings (SSSR count). The van der Waals surface area contributed by atoms with Gasteiger partial charge < -0.3 is 10.1 Å². The summed E-state index contributed by atoms with van der Waals surface area (Å²) in [5.74, 6) is -1.94. The van der Waals surface area contributed by atoms with E-state index in [1.165, 1.54) is 37.5 Å². The highest BCUT2D eigenvalue weighted by molar-refractivity contribution is 5.86. The van der Waals surface area contributed by atoms with Gasteiger partial charge in [-0.2, -0.15) is 0 Å². The largest absolute Gasteiger partial charge is 0.478 e. The Labute approximate surface area is 198 Å². The van der Waals surface area contributed by atoms with Crippen LogP contribution in [-0.4, -0.2) is 33.5 Å². The van der Waals surface area contributed by atoms with Crippen molar-refractivity contribution in [1.82, 2.24) is 9.88 Å². The van der Waals surface area contributed by atoms with Crippen LogP contribution in [0.15, 0.2) is 42.5 Å². The normalized spacial score (nSPS) is 21.9. The van der Waals surface area contributed by atoms with Gasteiger partial charge in [-0.25, -0.2) is 13.6 Å². The second kappa shape index (κ2) is 9.34. The molecule has 0 saturated heterocycles. The lowest BCUT2D eigenvalue weighted by Crippen LogP contribution is -2.45. The molecule has 1 unspecified atom stereocenters. The van der Waals surface area contributed by atoms with E-state index in [-0.39, 0.29) is 17.2 Å². The number of nitrogens with zero attached hydrogens (tertiary/aromatic N) is 1. The summed E-state index contributed by atoms with van der Waals surface area (Å²) in [6.45, 7) is 2.96. The first-order valence-corrected chi connectivity index (χ1v) is 12.2. The van der Waals surface area contributed by atoms with Gasteiger partial charge in [-0.3, -0.25) is 4.90 Å². The third-order valence-electron chi connectivity index (χ3n) is 7.50. The summed E-state index contributed by atoms with van der Waals surface area (Å²) in [6, 6.07) is 10.1. The Morgan fingerprint density at radius 1 is 1.15 bits per heavy atom. The molecule has 3 aromatic rings. The van der Waals surface area contributed by atoms with Crippen LogP contribution in [0.5, 0.6) is 0 Å². The lowest BCUT2D eigenvalue weighted by atomic mass is 9.84. The SMILES string of the molecule is C[C@@H]1Cc2c([nH]c3ccccc23)C(c2c(F)cc(/C=C/C(=O)O)cc2F)N1CC1CCCCC1. The maximum Gasteiger partial charge on any atom is 0.328 e. The number of carbonyl (C=O) groups is 1. The van der Waals surface area contributed by atoms with Gasteiger partial charge in [0.1, 0.15) is 11.6 Å². The zero-order valence-corrected chi connectivity index (χ0v) is 19.4. The minimum absolute atomic E-state index is 0.0302. The molecule has 1 fully saturated rings. The smallest absolute Gasteiger partial charge is 0.328 e. The summed E-state index contributed by atoms with van der Waals surface area (Å²) in [5.41, 5.74) is 3.19. The average Bonchev–Trinajstić information content (AvgIpc) is 3.18. The number of benzene rings is 2. The summed E-state index contributed by atoms with van der Waals surface area (Å²) in [5, 5.41) is 9.99. The van der Waals surface area contributed by atoms with E-state index >= 15 is 8.78 Å². The van der Waals surface area contributed by atoms with Crippen LogP contribution in [-0.2, 0) is 11.2 Å². The number of carboxylic acid groups (broad SMARTS) is 1. The number of rotatable bonds is 5. The summed E-state index contributed by atoms with van der Waals surface area (Å²) in [4.78, 5) is 16.6. The van der Waals surface area contributed by atoms with Crippen molar-refractivity contribution in [2.75, 3.05) is 6.54 Å². The maximum absolute atomic E-state index is 15.6. The van der Waals surface area contributed by atoms with E-state index in [1.54, 1.807) is 0 Å². The zero-order valence-electron chi connectivity index (χ0n) is 19.4. The van der Waals surface area contributed by atoms with Crippen LogP contribution < -0.4 is 0 Å². The fraction of sp³-hybridized carbons (Fsp3) is 0.393. The number of para-hydroxylation sites is 1. The number of aromatic nitrogens is 1. The molecule has 2 heterocycles. The van der Waals surface area contributed by atoms with Crippen molar-refractivity contribution >= 4 is 22.9 Å². The van der Waals surface area contributed by atoms with Crippen LogP contribution in [0.4, 0.5) is 8.78 Å². The molecule has 2 atom stereocenters. The van der Waals surface area contributed by atoms with Crippen LogP contribution >= 0.6 is 0 Å². The first kappa shape index (κ1) is 22.8. The molecule has 2 aromatic carbocycles. The molecule has 0 bridgehead atoms. The number of nitrogens with one attached hydrogen (secondary N) is 1. The lowest BCUT2D eigenvalue weighted by Gasteiger charge is -2.43. The van der Waals surface area contributed by atoms with Crippen LogP contribution in [0.25, 0.3) is 17.0 Å². The predicted octanol–water partition coefficient (Wildman–Crippen LogP) is 6.46. The van der Waals surface area contributed by atoms with Crippen LogP contribution in [0.3, 0.4) is 0 Å². The number of aliphatic carboxylic acids is 1. The Bertz CT molecular complexity index is 1220. The third kappa shape index (κ3) is 4.27. The molecular formula is C28H30F2N2O2. The van der Waals surface area contributed by atoms with Crippen LogP contribution in [0.2, 0.25) is 0 Å². The molecular weight excluding hydrogens is 434 g/mol. The number of aromatic amines is 1. The Morgan fingerprint density at radius 2 is 1.85 bits per heavy atom. The molecule has 2 aliphatic rings.